The van der Waals surface area contributed by atoms with E-state index in [1.165, 1.54) is 6.07 Å². The van der Waals surface area contributed by atoms with Gasteiger partial charge in [-0.05, 0) is 45.7 Å². The number of aliphatic hydroxyl groups is 1. The Labute approximate surface area is 124 Å². The van der Waals surface area contributed by atoms with Crippen LogP contribution in [0.1, 0.15) is 12.0 Å². The van der Waals surface area contributed by atoms with Crippen LogP contribution in [0.25, 0.3) is 0 Å². The van der Waals surface area contributed by atoms with Gasteiger partial charge in [-0.15, -0.1) is 0 Å². The van der Waals surface area contributed by atoms with E-state index in [1.54, 1.807) is 12.1 Å². The normalized spacial score (nSPS) is 23.6. The SMILES string of the molecule is CN1CCCN(C)C(C(O)Cc2c(F)cccc2Cl)C1. The summed E-state index contributed by atoms with van der Waals surface area (Å²) in [7, 11) is 4.06. The topological polar surface area (TPSA) is 26.7 Å². The molecular weight excluding hydrogens is 279 g/mol. The molecule has 1 aliphatic heterocycles. The van der Waals surface area contributed by atoms with E-state index in [9.17, 15) is 9.50 Å². The number of hydrogen-bond acceptors (Lipinski definition) is 3. The highest BCUT2D eigenvalue weighted by molar-refractivity contribution is 6.31. The van der Waals surface area contributed by atoms with Gasteiger partial charge in [0.25, 0.3) is 0 Å². The molecule has 1 aromatic rings. The lowest BCUT2D eigenvalue weighted by Crippen LogP contribution is -2.47. The lowest BCUT2D eigenvalue weighted by molar-refractivity contribution is 0.0576. The van der Waals surface area contributed by atoms with Gasteiger partial charge in [-0.25, -0.2) is 4.39 Å². The van der Waals surface area contributed by atoms with Crippen LogP contribution in [-0.4, -0.2) is 60.8 Å². The molecule has 3 nitrogen and oxygen atoms in total. The Kier molecular flexibility index (Phi) is 5.38. The molecule has 0 bridgehead atoms. The third-order valence-electron chi connectivity index (χ3n) is 4.03. The van der Waals surface area contributed by atoms with Crippen LogP contribution in [0.15, 0.2) is 18.2 Å². The van der Waals surface area contributed by atoms with Crippen LogP contribution in [0.4, 0.5) is 4.39 Å². The first-order valence-corrected chi connectivity index (χ1v) is 7.36. The highest BCUT2D eigenvalue weighted by Gasteiger charge is 2.28. The standard InChI is InChI=1S/C15H22ClFN2O/c1-18-7-4-8-19(2)14(10-18)15(20)9-11-12(16)5-3-6-13(11)17/h3,5-6,14-15,20H,4,7-10H2,1-2H3. The largest absolute Gasteiger partial charge is 0.391 e. The van der Waals surface area contributed by atoms with Gasteiger partial charge in [0.05, 0.1) is 6.10 Å². The quantitative estimate of drug-likeness (QED) is 0.925. The van der Waals surface area contributed by atoms with Gasteiger partial charge < -0.3 is 10.0 Å². The molecule has 1 N–H and O–H groups in total. The second-order valence-electron chi connectivity index (χ2n) is 5.64. The fraction of sp³-hybridized carbons (Fsp3) is 0.600. The molecule has 0 spiro atoms. The Morgan fingerprint density at radius 3 is 2.85 bits per heavy atom. The van der Waals surface area contributed by atoms with Crippen molar-refractivity contribution in [3.63, 3.8) is 0 Å². The molecule has 2 unspecified atom stereocenters. The molecule has 1 saturated heterocycles. The maximum Gasteiger partial charge on any atom is 0.127 e. The minimum absolute atomic E-state index is 0.00169. The molecule has 0 aromatic heterocycles. The average Bonchev–Trinajstić information content (AvgIpc) is 2.56. The summed E-state index contributed by atoms with van der Waals surface area (Å²) in [6, 6.07) is 4.63. The number of nitrogens with zero attached hydrogens (tertiary/aromatic N) is 2. The van der Waals surface area contributed by atoms with Crippen LogP contribution in [0.2, 0.25) is 5.02 Å². The van der Waals surface area contributed by atoms with Crippen LogP contribution in [0.3, 0.4) is 0 Å². The van der Waals surface area contributed by atoms with Crippen molar-refractivity contribution in [1.82, 2.24) is 9.80 Å². The molecular formula is C15H22ClFN2O. The summed E-state index contributed by atoms with van der Waals surface area (Å²) in [6.45, 7) is 2.74. The van der Waals surface area contributed by atoms with Crippen molar-refractivity contribution in [3.8, 4) is 0 Å². The Balaban J connectivity index is 2.12. The van der Waals surface area contributed by atoms with Crippen LogP contribution in [0, 0.1) is 5.82 Å². The lowest BCUT2D eigenvalue weighted by Gasteiger charge is -2.31. The zero-order chi connectivity index (χ0) is 14.7. The molecule has 0 aliphatic carbocycles. The fourth-order valence-electron chi connectivity index (χ4n) is 2.79. The smallest absolute Gasteiger partial charge is 0.127 e. The third kappa shape index (κ3) is 3.70. The predicted molar refractivity (Wildman–Crippen MR) is 79.7 cm³/mol. The van der Waals surface area contributed by atoms with Gasteiger partial charge in [0, 0.05) is 29.6 Å². The highest BCUT2D eigenvalue weighted by Crippen LogP contribution is 2.22. The average molecular weight is 301 g/mol. The number of aliphatic hydroxyl groups excluding tert-OH is 1. The van der Waals surface area contributed by atoms with Gasteiger partial charge in [0.1, 0.15) is 5.82 Å². The van der Waals surface area contributed by atoms with Crippen molar-refractivity contribution in [2.45, 2.75) is 25.0 Å². The Morgan fingerprint density at radius 2 is 2.15 bits per heavy atom. The first-order chi connectivity index (χ1) is 9.49. The molecule has 112 valence electrons. The van der Waals surface area contributed by atoms with E-state index in [0.29, 0.717) is 10.6 Å². The summed E-state index contributed by atoms with van der Waals surface area (Å²) in [6.07, 6.45) is 0.695. The summed E-state index contributed by atoms with van der Waals surface area (Å²) >= 11 is 6.03. The Bertz CT molecular complexity index is 437. The number of benzene rings is 1. The molecule has 0 radical (unpaired) electrons. The van der Waals surface area contributed by atoms with Crippen molar-refractivity contribution in [3.05, 3.63) is 34.6 Å². The van der Waals surface area contributed by atoms with E-state index < -0.39 is 6.10 Å². The second-order valence-corrected chi connectivity index (χ2v) is 6.04. The van der Waals surface area contributed by atoms with Gasteiger partial charge >= 0.3 is 0 Å². The molecule has 2 rings (SSSR count). The number of hydrogen-bond donors (Lipinski definition) is 1. The zero-order valence-corrected chi connectivity index (χ0v) is 12.8. The summed E-state index contributed by atoms with van der Waals surface area (Å²) in [4.78, 5) is 4.36. The molecule has 1 heterocycles. The highest BCUT2D eigenvalue weighted by atomic mass is 35.5. The second kappa shape index (κ2) is 6.85. The maximum atomic E-state index is 13.8. The summed E-state index contributed by atoms with van der Waals surface area (Å²) in [5.41, 5.74) is 0.405. The summed E-state index contributed by atoms with van der Waals surface area (Å²) < 4.78 is 13.8. The number of halogens is 2. The van der Waals surface area contributed by atoms with E-state index in [-0.39, 0.29) is 18.3 Å². The van der Waals surface area contributed by atoms with Crippen LogP contribution in [0.5, 0.6) is 0 Å². The lowest BCUT2D eigenvalue weighted by atomic mass is 10.0. The molecule has 0 amide bonds. The molecule has 2 atom stereocenters. The predicted octanol–water partition coefficient (Wildman–Crippen LogP) is 2.02. The summed E-state index contributed by atoms with van der Waals surface area (Å²) in [5, 5.41) is 10.9. The maximum absolute atomic E-state index is 13.8. The van der Waals surface area contributed by atoms with Gasteiger partial charge in [0.2, 0.25) is 0 Å². The zero-order valence-electron chi connectivity index (χ0n) is 12.0. The first kappa shape index (κ1) is 15.7. The van der Waals surface area contributed by atoms with Gasteiger partial charge in [0.15, 0.2) is 0 Å². The number of likely N-dealkylation sites (N-methyl/N-ethyl adjacent to an activating group) is 2. The van der Waals surface area contributed by atoms with E-state index in [2.05, 4.69) is 16.8 Å². The van der Waals surface area contributed by atoms with Crippen molar-refractivity contribution in [2.75, 3.05) is 33.7 Å². The van der Waals surface area contributed by atoms with Crippen molar-refractivity contribution < 1.29 is 9.50 Å². The Morgan fingerprint density at radius 1 is 1.40 bits per heavy atom. The van der Waals surface area contributed by atoms with Crippen molar-refractivity contribution >= 4 is 11.6 Å². The first-order valence-electron chi connectivity index (χ1n) is 6.98. The molecule has 1 aromatic carbocycles. The minimum atomic E-state index is -0.630. The van der Waals surface area contributed by atoms with Crippen molar-refractivity contribution in [1.29, 1.82) is 0 Å². The van der Waals surface area contributed by atoms with E-state index in [0.717, 1.165) is 26.1 Å². The molecule has 5 heteroatoms. The van der Waals surface area contributed by atoms with E-state index >= 15 is 0 Å². The van der Waals surface area contributed by atoms with Crippen LogP contribution < -0.4 is 0 Å². The molecule has 0 saturated carbocycles. The molecule has 20 heavy (non-hydrogen) atoms. The fourth-order valence-corrected chi connectivity index (χ4v) is 3.03. The molecule has 1 fully saturated rings. The Hall–Kier alpha value is -0.680. The van der Waals surface area contributed by atoms with Gasteiger partial charge in [-0.3, -0.25) is 4.90 Å². The van der Waals surface area contributed by atoms with Gasteiger partial charge in [-0.2, -0.15) is 0 Å². The van der Waals surface area contributed by atoms with Crippen LogP contribution >= 0.6 is 11.6 Å². The third-order valence-corrected chi connectivity index (χ3v) is 4.39. The van der Waals surface area contributed by atoms with Crippen LogP contribution in [-0.2, 0) is 6.42 Å². The van der Waals surface area contributed by atoms with E-state index in [1.807, 2.05) is 7.05 Å². The monoisotopic (exact) mass is 300 g/mol. The van der Waals surface area contributed by atoms with E-state index in [4.69, 9.17) is 11.6 Å². The number of rotatable bonds is 3. The minimum Gasteiger partial charge on any atom is -0.391 e. The van der Waals surface area contributed by atoms with Crippen molar-refractivity contribution in [2.24, 2.45) is 0 Å². The van der Waals surface area contributed by atoms with Gasteiger partial charge in [-0.1, -0.05) is 17.7 Å². The molecule has 1 aliphatic rings. The summed E-state index contributed by atoms with van der Waals surface area (Å²) in [5.74, 6) is -0.346.